The molecule has 2 fully saturated rings. The van der Waals surface area contributed by atoms with Crippen LogP contribution < -0.4 is 0 Å². The SMILES string of the molecule is N#Cc1ccc(C(=O)N2CCCC2C2CCCC2=O)nc1. The molecular formula is C16H17N3O2. The molecule has 21 heavy (non-hydrogen) atoms. The highest BCUT2D eigenvalue weighted by molar-refractivity contribution is 5.93. The lowest BCUT2D eigenvalue weighted by Gasteiger charge is -2.28. The molecule has 2 aliphatic rings. The van der Waals surface area contributed by atoms with Crippen LogP contribution in [0.1, 0.15) is 48.2 Å². The predicted molar refractivity (Wildman–Crippen MR) is 75.4 cm³/mol. The van der Waals surface area contributed by atoms with Gasteiger partial charge >= 0.3 is 0 Å². The lowest BCUT2D eigenvalue weighted by molar-refractivity contribution is -0.121. The Labute approximate surface area is 123 Å². The van der Waals surface area contributed by atoms with Crippen LogP contribution in [0.4, 0.5) is 0 Å². The van der Waals surface area contributed by atoms with Gasteiger partial charge in [0.15, 0.2) is 0 Å². The van der Waals surface area contributed by atoms with E-state index in [0.717, 1.165) is 25.7 Å². The first-order valence-corrected chi connectivity index (χ1v) is 7.40. The zero-order chi connectivity index (χ0) is 14.8. The zero-order valence-electron chi connectivity index (χ0n) is 11.8. The van der Waals surface area contributed by atoms with Gasteiger partial charge in [-0.1, -0.05) is 0 Å². The van der Waals surface area contributed by atoms with Gasteiger partial charge in [-0.05, 0) is 37.8 Å². The molecule has 0 spiro atoms. The number of aromatic nitrogens is 1. The fourth-order valence-electron chi connectivity index (χ4n) is 3.45. The summed E-state index contributed by atoms with van der Waals surface area (Å²) in [6.07, 6.45) is 5.75. The monoisotopic (exact) mass is 283 g/mol. The number of rotatable bonds is 2. The maximum atomic E-state index is 12.6. The minimum absolute atomic E-state index is 0.00910. The summed E-state index contributed by atoms with van der Waals surface area (Å²) < 4.78 is 0. The number of likely N-dealkylation sites (tertiary alicyclic amines) is 1. The summed E-state index contributed by atoms with van der Waals surface area (Å²) in [6.45, 7) is 0.689. The summed E-state index contributed by atoms with van der Waals surface area (Å²) in [7, 11) is 0. The Hall–Kier alpha value is -2.22. The third-order valence-corrected chi connectivity index (χ3v) is 4.49. The molecule has 2 unspecified atom stereocenters. The van der Waals surface area contributed by atoms with E-state index < -0.39 is 0 Å². The quantitative estimate of drug-likeness (QED) is 0.831. The molecule has 2 atom stereocenters. The van der Waals surface area contributed by atoms with E-state index in [9.17, 15) is 9.59 Å². The zero-order valence-corrected chi connectivity index (χ0v) is 11.8. The van der Waals surface area contributed by atoms with Gasteiger partial charge in [-0.25, -0.2) is 4.98 Å². The fraction of sp³-hybridized carbons (Fsp3) is 0.500. The van der Waals surface area contributed by atoms with Gasteiger partial charge in [0, 0.05) is 31.1 Å². The van der Waals surface area contributed by atoms with Crippen molar-refractivity contribution in [2.75, 3.05) is 6.54 Å². The standard InChI is InChI=1S/C16H17N3O2/c17-9-11-6-7-13(18-10-11)16(21)19-8-2-4-14(19)12-3-1-5-15(12)20/h6-7,10,12,14H,1-5,8H2. The first-order chi connectivity index (χ1) is 10.2. The fourth-order valence-corrected chi connectivity index (χ4v) is 3.45. The summed E-state index contributed by atoms with van der Waals surface area (Å²) in [5, 5.41) is 8.77. The Morgan fingerprint density at radius 2 is 2.19 bits per heavy atom. The number of pyridine rings is 1. The Bertz CT molecular complexity index is 603. The van der Waals surface area contributed by atoms with Crippen molar-refractivity contribution in [3.63, 3.8) is 0 Å². The van der Waals surface area contributed by atoms with Crippen molar-refractivity contribution >= 4 is 11.7 Å². The molecule has 1 aliphatic heterocycles. The second kappa shape index (κ2) is 5.65. The van der Waals surface area contributed by atoms with Crippen molar-refractivity contribution in [1.29, 1.82) is 5.26 Å². The summed E-state index contributed by atoms with van der Waals surface area (Å²) in [4.78, 5) is 30.4. The molecule has 1 saturated heterocycles. The van der Waals surface area contributed by atoms with Crippen LogP contribution in [0.3, 0.4) is 0 Å². The number of hydrogen-bond donors (Lipinski definition) is 0. The first kappa shape index (κ1) is 13.7. The molecular weight excluding hydrogens is 266 g/mol. The van der Waals surface area contributed by atoms with E-state index in [-0.39, 0.29) is 17.9 Å². The van der Waals surface area contributed by atoms with E-state index in [0.29, 0.717) is 30.0 Å². The topological polar surface area (TPSA) is 74.1 Å². The van der Waals surface area contributed by atoms with E-state index in [1.807, 2.05) is 11.0 Å². The van der Waals surface area contributed by atoms with Crippen LogP contribution in [0.15, 0.2) is 18.3 Å². The Morgan fingerprint density at radius 1 is 1.33 bits per heavy atom. The number of nitrogens with zero attached hydrogens (tertiary/aromatic N) is 3. The lowest BCUT2D eigenvalue weighted by Crippen LogP contribution is -2.41. The molecule has 5 heteroatoms. The van der Waals surface area contributed by atoms with Crippen molar-refractivity contribution in [3.8, 4) is 6.07 Å². The van der Waals surface area contributed by atoms with Gasteiger partial charge in [0.25, 0.3) is 5.91 Å². The minimum Gasteiger partial charge on any atom is -0.334 e. The maximum absolute atomic E-state index is 12.6. The molecule has 0 radical (unpaired) electrons. The Kier molecular flexibility index (Phi) is 3.70. The van der Waals surface area contributed by atoms with Crippen LogP contribution in [-0.2, 0) is 4.79 Å². The molecule has 1 amide bonds. The molecule has 1 aromatic rings. The van der Waals surface area contributed by atoms with Gasteiger partial charge < -0.3 is 4.90 Å². The van der Waals surface area contributed by atoms with Crippen LogP contribution in [0, 0.1) is 17.2 Å². The number of carbonyl (C=O) groups excluding carboxylic acids is 2. The van der Waals surface area contributed by atoms with Crippen molar-refractivity contribution in [1.82, 2.24) is 9.88 Å². The predicted octanol–water partition coefficient (Wildman–Crippen LogP) is 1.93. The van der Waals surface area contributed by atoms with Gasteiger partial charge in [-0.3, -0.25) is 9.59 Å². The van der Waals surface area contributed by atoms with E-state index in [4.69, 9.17) is 5.26 Å². The Morgan fingerprint density at radius 3 is 2.81 bits per heavy atom. The third-order valence-electron chi connectivity index (χ3n) is 4.49. The van der Waals surface area contributed by atoms with E-state index in [2.05, 4.69) is 4.98 Å². The number of amides is 1. The normalized spacial score (nSPS) is 25.1. The van der Waals surface area contributed by atoms with Crippen LogP contribution in [-0.4, -0.2) is 34.2 Å². The van der Waals surface area contributed by atoms with Crippen LogP contribution in [0.25, 0.3) is 0 Å². The van der Waals surface area contributed by atoms with Crippen LogP contribution in [0.2, 0.25) is 0 Å². The molecule has 1 aliphatic carbocycles. The third kappa shape index (κ3) is 2.54. The van der Waals surface area contributed by atoms with Crippen molar-refractivity contribution < 1.29 is 9.59 Å². The molecule has 5 nitrogen and oxygen atoms in total. The molecule has 2 heterocycles. The molecule has 108 valence electrons. The smallest absolute Gasteiger partial charge is 0.272 e. The molecule has 1 aromatic heterocycles. The summed E-state index contributed by atoms with van der Waals surface area (Å²) in [5.74, 6) is 0.184. The van der Waals surface area contributed by atoms with Crippen molar-refractivity contribution in [2.45, 2.75) is 38.1 Å². The lowest BCUT2D eigenvalue weighted by atomic mass is 9.95. The van der Waals surface area contributed by atoms with Gasteiger partial charge in [-0.15, -0.1) is 0 Å². The average molecular weight is 283 g/mol. The molecule has 1 saturated carbocycles. The minimum atomic E-state index is -0.123. The van der Waals surface area contributed by atoms with Crippen LogP contribution in [0.5, 0.6) is 0 Å². The molecule has 0 bridgehead atoms. The largest absolute Gasteiger partial charge is 0.334 e. The van der Waals surface area contributed by atoms with Gasteiger partial charge in [0.2, 0.25) is 0 Å². The number of hydrogen-bond acceptors (Lipinski definition) is 4. The summed E-state index contributed by atoms with van der Waals surface area (Å²) in [5.41, 5.74) is 0.793. The Balaban J connectivity index is 1.79. The number of nitriles is 1. The van der Waals surface area contributed by atoms with Gasteiger partial charge in [-0.2, -0.15) is 5.26 Å². The molecule has 3 rings (SSSR count). The van der Waals surface area contributed by atoms with E-state index >= 15 is 0 Å². The summed E-state index contributed by atoms with van der Waals surface area (Å²) in [6, 6.07) is 5.22. The second-order valence-electron chi connectivity index (χ2n) is 5.72. The van der Waals surface area contributed by atoms with Gasteiger partial charge in [0.1, 0.15) is 17.5 Å². The van der Waals surface area contributed by atoms with Crippen molar-refractivity contribution in [3.05, 3.63) is 29.6 Å². The van der Waals surface area contributed by atoms with Crippen molar-refractivity contribution in [2.24, 2.45) is 5.92 Å². The second-order valence-corrected chi connectivity index (χ2v) is 5.72. The number of Topliss-reactive ketones (excluding diaryl/α,β-unsaturated/α-hetero) is 1. The van der Waals surface area contributed by atoms with Gasteiger partial charge in [0.05, 0.1) is 5.56 Å². The highest BCUT2D eigenvalue weighted by Crippen LogP contribution is 2.33. The molecule has 0 N–H and O–H groups in total. The average Bonchev–Trinajstić information content (AvgIpc) is 3.14. The highest BCUT2D eigenvalue weighted by Gasteiger charge is 2.40. The van der Waals surface area contributed by atoms with E-state index in [1.54, 1.807) is 12.1 Å². The first-order valence-electron chi connectivity index (χ1n) is 7.40. The van der Waals surface area contributed by atoms with Crippen LogP contribution >= 0.6 is 0 Å². The number of ketones is 1. The highest BCUT2D eigenvalue weighted by atomic mass is 16.2. The number of carbonyl (C=O) groups is 2. The molecule has 0 aromatic carbocycles. The van der Waals surface area contributed by atoms with E-state index in [1.165, 1.54) is 6.20 Å². The maximum Gasteiger partial charge on any atom is 0.272 e. The summed E-state index contributed by atoms with van der Waals surface area (Å²) >= 11 is 0.